The first-order valence-corrected chi connectivity index (χ1v) is 9.34. The summed E-state index contributed by atoms with van der Waals surface area (Å²) in [6.45, 7) is 3.33. The molecular formula is C20H20N4O2S. The number of benzene rings is 2. The van der Waals surface area contributed by atoms with Gasteiger partial charge in [0.2, 0.25) is 11.8 Å². The molecule has 0 bridgehead atoms. The summed E-state index contributed by atoms with van der Waals surface area (Å²) in [6.07, 6.45) is 3.56. The SMILES string of the molecule is CC(=O)Nc1ccc(SC(C)C(=O)Nc2cccc(-n3cccn3)c2)cc1. The maximum Gasteiger partial charge on any atom is 0.237 e. The minimum atomic E-state index is -0.273. The van der Waals surface area contributed by atoms with Gasteiger partial charge >= 0.3 is 0 Å². The van der Waals surface area contributed by atoms with Crippen molar-refractivity contribution >= 4 is 35.0 Å². The van der Waals surface area contributed by atoms with Gasteiger partial charge in [0.25, 0.3) is 0 Å². The average molecular weight is 380 g/mol. The van der Waals surface area contributed by atoms with Gasteiger partial charge in [0, 0.05) is 35.6 Å². The third-order valence-electron chi connectivity index (χ3n) is 3.74. The van der Waals surface area contributed by atoms with Crippen LogP contribution < -0.4 is 10.6 Å². The normalized spacial score (nSPS) is 11.6. The van der Waals surface area contributed by atoms with E-state index in [1.807, 2.05) is 67.7 Å². The second-order valence-corrected chi connectivity index (χ2v) is 7.37. The molecule has 0 fully saturated rings. The summed E-state index contributed by atoms with van der Waals surface area (Å²) in [5, 5.41) is 9.59. The Morgan fingerprint density at radius 3 is 2.48 bits per heavy atom. The number of amides is 2. The number of thioether (sulfide) groups is 1. The van der Waals surface area contributed by atoms with Gasteiger partial charge in [-0.2, -0.15) is 5.10 Å². The molecule has 1 aromatic heterocycles. The molecule has 1 atom stereocenters. The number of rotatable bonds is 6. The van der Waals surface area contributed by atoms with Crippen LogP contribution in [0.15, 0.2) is 71.9 Å². The summed E-state index contributed by atoms with van der Waals surface area (Å²) < 4.78 is 1.74. The molecule has 0 saturated heterocycles. The number of carbonyl (C=O) groups excluding carboxylic acids is 2. The fourth-order valence-electron chi connectivity index (χ4n) is 2.47. The fraction of sp³-hybridized carbons (Fsp3) is 0.150. The van der Waals surface area contributed by atoms with Crippen molar-refractivity contribution in [2.24, 2.45) is 0 Å². The highest BCUT2D eigenvalue weighted by Gasteiger charge is 2.15. The number of anilines is 2. The second kappa shape index (κ2) is 8.55. The van der Waals surface area contributed by atoms with Gasteiger partial charge in [-0.05, 0) is 55.5 Å². The van der Waals surface area contributed by atoms with Crippen molar-refractivity contribution in [2.45, 2.75) is 24.0 Å². The van der Waals surface area contributed by atoms with E-state index in [1.54, 1.807) is 10.9 Å². The molecule has 0 spiro atoms. The summed E-state index contributed by atoms with van der Waals surface area (Å²) in [5.74, 6) is -0.191. The molecule has 0 radical (unpaired) electrons. The lowest BCUT2D eigenvalue weighted by molar-refractivity contribution is -0.115. The van der Waals surface area contributed by atoms with Crippen molar-refractivity contribution in [1.82, 2.24) is 9.78 Å². The number of nitrogens with one attached hydrogen (secondary N) is 2. The predicted molar refractivity (Wildman–Crippen MR) is 108 cm³/mol. The van der Waals surface area contributed by atoms with Crippen LogP contribution >= 0.6 is 11.8 Å². The maximum absolute atomic E-state index is 12.5. The van der Waals surface area contributed by atoms with E-state index < -0.39 is 0 Å². The molecule has 6 nitrogen and oxygen atoms in total. The Hall–Kier alpha value is -3.06. The predicted octanol–water partition coefficient (Wildman–Crippen LogP) is 3.95. The van der Waals surface area contributed by atoms with E-state index in [-0.39, 0.29) is 17.1 Å². The Labute approximate surface area is 162 Å². The largest absolute Gasteiger partial charge is 0.326 e. The molecule has 2 N–H and O–H groups in total. The fourth-order valence-corrected chi connectivity index (χ4v) is 3.34. The maximum atomic E-state index is 12.5. The van der Waals surface area contributed by atoms with Crippen LogP contribution in [0.25, 0.3) is 5.69 Å². The zero-order chi connectivity index (χ0) is 19.2. The van der Waals surface area contributed by atoms with Crippen LogP contribution in [0.1, 0.15) is 13.8 Å². The summed E-state index contributed by atoms with van der Waals surface area (Å²) >= 11 is 1.46. The van der Waals surface area contributed by atoms with Crippen molar-refractivity contribution in [3.63, 3.8) is 0 Å². The Morgan fingerprint density at radius 2 is 1.81 bits per heavy atom. The topological polar surface area (TPSA) is 76.0 Å². The van der Waals surface area contributed by atoms with Crippen molar-refractivity contribution in [2.75, 3.05) is 10.6 Å². The average Bonchev–Trinajstić information content (AvgIpc) is 3.18. The molecule has 1 heterocycles. The zero-order valence-electron chi connectivity index (χ0n) is 15.0. The lowest BCUT2D eigenvalue weighted by Crippen LogP contribution is -2.22. The van der Waals surface area contributed by atoms with Crippen molar-refractivity contribution < 1.29 is 9.59 Å². The molecule has 0 aliphatic rings. The molecule has 0 aliphatic heterocycles. The van der Waals surface area contributed by atoms with E-state index in [4.69, 9.17) is 0 Å². The Kier molecular flexibility index (Phi) is 5.93. The number of nitrogens with zero attached hydrogens (tertiary/aromatic N) is 2. The quantitative estimate of drug-likeness (QED) is 0.635. The van der Waals surface area contributed by atoms with Crippen molar-refractivity contribution in [3.8, 4) is 5.69 Å². The third-order valence-corrected chi connectivity index (χ3v) is 4.85. The first-order valence-electron chi connectivity index (χ1n) is 8.46. The summed E-state index contributed by atoms with van der Waals surface area (Å²) in [4.78, 5) is 24.5. The van der Waals surface area contributed by atoms with Gasteiger partial charge in [0.05, 0.1) is 10.9 Å². The first-order chi connectivity index (χ1) is 13.0. The molecule has 0 aliphatic carbocycles. The van der Waals surface area contributed by atoms with Gasteiger partial charge in [-0.25, -0.2) is 4.68 Å². The van der Waals surface area contributed by atoms with Crippen LogP contribution in [-0.4, -0.2) is 26.8 Å². The van der Waals surface area contributed by atoms with E-state index in [0.717, 1.165) is 22.0 Å². The van der Waals surface area contributed by atoms with Gasteiger partial charge in [0.15, 0.2) is 0 Å². The van der Waals surface area contributed by atoms with Crippen LogP contribution in [0, 0.1) is 0 Å². The summed E-state index contributed by atoms with van der Waals surface area (Å²) in [7, 11) is 0. The van der Waals surface area contributed by atoms with Gasteiger partial charge in [-0.3, -0.25) is 9.59 Å². The van der Waals surface area contributed by atoms with Crippen LogP contribution in [0.3, 0.4) is 0 Å². The highest BCUT2D eigenvalue weighted by atomic mass is 32.2. The zero-order valence-corrected chi connectivity index (χ0v) is 15.9. The molecule has 2 amide bonds. The van der Waals surface area contributed by atoms with Crippen molar-refractivity contribution in [3.05, 3.63) is 67.0 Å². The smallest absolute Gasteiger partial charge is 0.237 e. The van der Waals surface area contributed by atoms with E-state index in [2.05, 4.69) is 15.7 Å². The van der Waals surface area contributed by atoms with Crippen LogP contribution in [-0.2, 0) is 9.59 Å². The molecule has 0 saturated carbocycles. The minimum absolute atomic E-state index is 0.0800. The number of hydrogen-bond donors (Lipinski definition) is 2. The molecule has 1 unspecified atom stereocenters. The van der Waals surface area contributed by atoms with E-state index in [1.165, 1.54) is 18.7 Å². The summed E-state index contributed by atoms with van der Waals surface area (Å²) in [5.41, 5.74) is 2.34. The summed E-state index contributed by atoms with van der Waals surface area (Å²) in [6, 6.07) is 16.8. The Bertz CT molecular complexity index is 923. The van der Waals surface area contributed by atoms with E-state index in [0.29, 0.717) is 0 Å². The highest BCUT2D eigenvalue weighted by Crippen LogP contribution is 2.26. The molecule has 27 heavy (non-hydrogen) atoms. The molecule has 138 valence electrons. The first kappa shape index (κ1) is 18.7. The van der Waals surface area contributed by atoms with Crippen LogP contribution in [0.4, 0.5) is 11.4 Å². The van der Waals surface area contributed by atoms with E-state index >= 15 is 0 Å². The molecule has 3 aromatic rings. The van der Waals surface area contributed by atoms with Crippen LogP contribution in [0.5, 0.6) is 0 Å². The lowest BCUT2D eigenvalue weighted by Gasteiger charge is -2.13. The highest BCUT2D eigenvalue weighted by molar-refractivity contribution is 8.00. The Balaban J connectivity index is 1.61. The van der Waals surface area contributed by atoms with Gasteiger partial charge in [-0.1, -0.05) is 6.07 Å². The monoisotopic (exact) mass is 380 g/mol. The standard InChI is InChI=1S/C20H20N4O2S/c1-14(27-19-9-7-16(8-10-19)22-15(2)25)20(26)23-17-5-3-6-18(13-17)24-12-4-11-21-24/h3-14H,1-2H3,(H,22,25)(H,23,26). The van der Waals surface area contributed by atoms with Crippen molar-refractivity contribution in [1.29, 1.82) is 0 Å². The minimum Gasteiger partial charge on any atom is -0.326 e. The number of hydrogen-bond acceptors (Lipinski definition) is 4. The molecule has 3 rings (SSSR count). The van der Waals surface area contributed by atoms with Gasteiger partial charge in [0.1, 0.15) is 0 Å². The van der Waals surface area contributed by atoms with Crippen LogP contribution in [0.2, 0.25) is 0 Å². The lowest BCUT2D eigenvalue weighted by atomic mass is 10.2. The molecular weight excluding hydrogens is 360 g/mol. The second-order valence-electron chi connectivity index (χ2n) is 5.96. The number of carbonyl (C=O) groups is 2. The van der Waals surface area contributed by atoms with E-state index in [9.17, 15) is 9.59 Å². The third kappa shape index (κ3) is 5.21. The molecule has 7 heteroatoms. The number of aromatic nitrogens is 2. The Morgan fingerprint density at radius 1 is 1.04 bits per heavy atom. The van der Waals surface area contributed by atoms with Gasteiger partial charge < -0.3 is 10.6 Å². The van der Waals surface area contributed by atoms with Gasteiger partial charge in [-0.15, -0.1) is 11.8 Å². The molecule has 2 aromatic carbocycles.